The summed E-state index contributed by atoms with van der Waals surface area (Å²) in [4.78, 5) is 61.9. The van der Waals surface area contributed by atoms with Crippen LogP contribution in [-0.2, 0) is 30.4 Å². The lowest BCUT2D eigenvalue weighted by atomic mass is 10.0. The number of phenolic OH excluding ortho intramolecular Hbond substituents is 1. The molecule has 3 amide bonds. The zero-order valence-electron chi connectivity index (χ0n) is 18.1. The Balaban J connectivity index is 2.12. The number of nitrogens with zero attached hydrogens (tertiary/aromatic N) is 1. The topological polar surface area (TPSA) is 199 Å². The van der Waals surface area contributed by atoms with Gasteiger partial charge in [0.05, 0.1) is 12.5 Å². The number of benzene rings is 1. The molecule has 1 heterocycles. The van der Waals surface area contributed by atoms with E-state index in [1.165, 1.54) is 36.1 Å². The molecule has 0 bridgehead atoms. The van der Waals surface area contributed by atoms with Crippen LogP contribution in [0.15, 0.2) is 24.3 Å². The molecule has 2 rings (SSSR count). The van der Waals surface area contributed by atoms with E-state index in [2.05, 4.69) is 10.6 Å². The van der Waals surface area contributed by atoms with E-state index in [9.17, 15) is 39.3 Å². The number of nitrogens with one attached hydrogen (secondary N) is 2. The maximum Gasteiger partial charge on any atom is 0.326 e. The van der Waals surface area contributed by atoms with Gasteiger partial charge in [0, 0.05) is 13.0 Å². The number of phenols is 1. The fourth-order valence-corrected chi connectivity index (χ4v) is 3.56. The van der Waals surface area contributed by atoms with Crippen molar-refractivity contribution in [2.75, 3.05) is 6.54 Å². The quantitative estimate of drug-likeness (QED) is 0.246. The van der Waals surface area contributed by atoms with E-state index in [-0.39, 0.29) is 12.2 Å². The Morgan fingerprint density at radius 3 is 2.27 bits per heavy atom. The minimum absolute atomic E-state index is 0.0117. The first-order chi connectivity index (χ1) is 15.5. The van der Waals surface area contributed by atoms with Gasteiger partial charge in [-0.05, 0) is 37.5 Å². The number of aliphatic carboxylic acids is 2. The highest BCUT2D eigenvalue weighted by Gasteiger charge is 2.37. The normalized spacial score (nSPS) is 18.1. The van der Waals surface area contributed by atoms with Crippen LogP contribution in [0.3, 0.4) is 0 Å². The molecule has 1 aliphatic heterocycles. The van der Waals surface area contributed by atoms with E-state index in [4.69, 9.17) is 5.73 Å². The van der Waals surface area contributed by atoms with Gasteiger partial charge >= 0.3 is 11.9 Å². The lowest BCUT2D eigenvalue weighted by Crippen LogP contribution is -2.57. The van der Waals surface area contributed by atoms with Crippen LogP contribution in [0, 0.1) is 0 Å². The minimum Gasteiger partial charge on any atom is -0.508 e. The van der Waals surface area contributed by atoms with Crippen molar-refractivity contribution in [2.45, 2.75) is 56.8 Å². The van der Waals surface area contributed by atoms with Crippen LogP contribution in [0.1, 0.15) is 31.7 Å². The van der Waals surface area contributed by atoms with E-state index in [1.807, 2.05) is 0 Å². The summed E-state index contributed by atoms with van der Waals surface area (Å²) in [6.07, 6.45) is -0.0458. The van der Waals surface area contributed by atoms with Gasteiger partial charge in [0.1, 0.15) is 23.9 Å². The van der Waals surface area contributed by atoms with E-state index in [0.29, 0.717) is 24.9 Å². The third kappa shape index (κ3) is 7.17. The van der Waals surface area contributed by atoms with Gasteiger partial charge in [0.25, 0.3) is 0 Å². The van der Waals surface area contributed by atoms with Gasteiger partial charge in [0.2, 0.25) is 17.7 Å². The Morgan fingerprint density at radius 1 is 1.09 bits per heavy atom. The third-order valence-electron chi connectivity index (χ3n) is 5.23. The predicted octanol–water partition coefficient (Wildman–Crippen LogP) is -1.20. The summed E-state index contributed by atoms with van der Waals surface area (Å²) in [5.41, 5.74) is 6.12. The summed E-state index contributed by atoms with van der Waals surface area (Å²) in [5, 5.41) is 32.6. The molecular formula is C21H28N4O8. The number of amides is 3. The Morgan fingerprint density at radius 2 is 1.73 bits per heavy atom. The summed E-state index contributed by atoms with van der Waals surface area (Å²) in [7, 11) is 0. The number of rotatable bonds is 10. The fourth-order valence-electron chi connectivity index (χ4n) is 3.56. The molecule has 7 N–H and O–H groups in total. The molecule has 4 atom stereocenters. The second kappa shape index (κ2) is 11.3. The molecule has 12 nitrogen and oxygen atoms in total. The predicted molar refractivity (Wildman–Crippen MR) is 114 cm³/mol. The fraction of sp³-hybridized carbons (Fsp3) is 0.476. The zero-order chi connectivity index (χ0) is 24.7. The number of carboxylic acids is 2. The van der Waals surface area contributed by atoms with Gasteiger partial charge in [-0.1, -0.05) is 12.1 Å². The Bertz CT molecular complexity index is 902. The van der Waals surface area contributed by atoms with E-state index in [1.54, 1.807) is 0 Å². The molecule has 33 heavy (non-hydrogen) atoms. The molecular weight excluding hydrogens is 436 g/mol. The zero-order valence-corrected chi connectivity index (χ0v) is 18.1. The van der Waals surface area contributed by atoms with Crippen molar-refractivity contribution in [3.63, 3.8) is 0 Å². The molecule has 0 saturated carbocycles. The van der Waals surface area contributed by atoms with Crippen molar-refractivity contribution < 1.29 is 39.3 Å². The Kier molecular flexibility index (Phi) is 8.74. The summed E-state index contributed by atoms with van der Waals surface area (Å²) >= 11 is 0. The standard InChI is InChI=1S/C21H28N4O8/c1-11(22)20(31)25-8-2-3-16(25)19(30)23-14(10-17(27)28)18(29)24-15(21(32)33)9-12-4-6-13(26)7-5-12/h4-7,11,14-16,26H,2-3,8-10,22H2,1H3,(H,23,30)(H,24,29)(H,27,28)(H,32,33). The molecule has 0 spiro atoms. The number of carbonyl (C=O) groups is 5. The van der Waals surface area contributed by atoms with Crippen molar-refractivity contribution in [2.24, 2.45) is 5.73 Å². The molecule has 0 aliphatic carbocycles. The lowest BCUT2D eigenvalue weighted by Gasteiger charge is -2.27. The second-order valence-electron chi connectivity index (χ2n) is 7.91. The number of aromatic hydroxyl groups is 1. The number of carboxylic acid groups (broad SMARTS) is 2. The van der Waals surface area contributed by atoms with Gasteiger partial charge in [0.15, 0.2) is 0 Å². The monoisotopic (exact) mass is 464 g/mol. The highest BCUT2D eigenvalue weighted by molar-refractivity contribution is 5.95. The molecule has 0 aromatic heterocycles. The SMILES string of the molecule is CC(N)C(=O)N1CCCC1C(=O)NC(CC(=O)O)C(=O)NC(Cc1ccc(O)cc1)C(=O)O. The lowest BCUT2D eigenvalue weighted by molar-refractivity contribution is -0.144. The maximum atomic E-state index is 12.8. The summed E-state index contributed by atoms with van der Waals surface area (Å²) in [5.74, 6) is -4.89. The van der Waals surface area contributed by atoms with Crippen molar-refractivity contribution in [3.05, 3.63) is 29.8 Å². The largest absolute Gasteiger partial charge is 0.508 e. The van der Waals surface area contributed by atoms with Crippen LogP contribution in [0.4, 0.5) is 0 Å². The number of likely N-dealkylation sites (tertiary alicyclic amines) is 1. The van der Waals surface area contributed by atoms with Crippen molar-refractivity contribution in [3.8, 4) is 5.75 Å². The molecule has 180 valence electrons. The third-order valence-corrected chi connectivity index (χ3v) is 5.23. The van der Waals surface area contributed by atoms with Crippen LogP contribution < -0.4 is 16.4 Å². The molecule has 0 radical (unpaired) electrons. The van der Waals surface area contributed by atoms with Crippen molar-refractivity contribution in [1.82, 2.24) is 15.5 Å². The number of nitrogens with two attached hydrogens (primary N) is 1. The molecule has 1 saturated heterocycles. The van der Waals surface area contributed by atoms with Crippen LogP contribution in [0.5, 0.6) is 5.75 Å². The van der Waals surface area contributed by atoms with Crippen LogP contribution >= 0.6 is 0 Å². The first-order valence-corrected chi connectivity index (χ1v) is 10.4. The van der Waals surface area contributed by atoms with Gasteiger partial charge < -0.3 is 36.6 Å². The number of carbonyl (C=O) groups excluding carboxylic acids is 3. The summed E-state index contributed by atoms with van der Waals surface area (Å²) in [6.45, 7) is 1.79. The average Bonchev–Trinajstić information content (AvgIpc) is 3.23. The van der Waals surface area contributed by atoms with Crippen molar-refractivity contribution in [1.29, 1.82) is 0 Å². The minimum atomic E-state index is -1.55. The average molecular weight is 464 g/mol. The summed E-state index contributed by atoms with van der Waals surface area (Å²) < 4.78 is 0. The molecule has 1 fully saturated rings. The van der Waals surface area contributed by atoms with Crippen LogP contribution in [0.25, 0.3) is 0 Å². The highest BCUT2D eigenvalue weighted by Crippen LogP contribution is 2.19. The first kappa shape index (κ1) is 25.6. The van der Waals surface area contributed by atoms with Crippen LogP contribution in [-0.4, -0.2) is 80.6 Å². The second-order valence-corrected chi connectivity index (χ2v) is 7.91. The van der Waals surface area contributed by atoms with Crippen LogP contribution in [0.2, 0.25) is 0 Å². The Labute approximate surface area is 189 Å². The van der Waals surface area contributed by atoms with Gasteiger partial charge in [-0.15, -0.1) is 0 Å². The number of hydrogen-bond donors (Lipinski definition) is 6. The smallest absolute Gasteiger partial charge is 0.326 e. The van der Waals surface area contributed by atoms with Gasteiger partial charge in [-0.2, -0.15) is 0 Å². The molecule has 1 aliphatic rings. The summed E-state index contributed by atoms with van der Waals surface area (Å²) in [6, 6.07) is 1.01. The number of hydrogen-bond acceptors (Lipinski definition) is 7. The van der Waals surface area contributed by atoms with E-state index >= 15 is 0 Å². The van der Waals surface area contributed by atoms with Crippen molar-refractivity contribution >= 4 is 29.7 Å². The Hall–Kier alpha value is -3.67. The maximum absolute atomic E-state index is 12.8. The molecule has 12 heteroatoms. The first-order valence-electron chi connectivity index (χ1n) is 10.4. The molecule has 1 aromatic carbocycles. The van der Waals surface area contributed by atoms with Gasteiger partial charge in [-0.3, -0.25) is 19.2 Å². The highest BCUT2D eigenvalue weighted by atomic mass is 16.4. The van der Waals surface area contributed by atoms with Gasteiger partial charge in [-0.25, -0.2) is 4.79 Å². The van der Waals surface area contributed by atoms with E-state index in [0.717, 1.165) is 0 Å². The van der Waals surface area contributed by atoms with E-state index < -0.39 is 60.2 Å². The molecule has 4 unspecified atom stereocenters. The molecule has 1 aromatic rings.